The van der Waals surface area contributed by atoms with Crippen molar-refractivity contribution in [2.75, 3.05) is 16.4 Å². The Hall–Kier alpha value is -4.11. The molecular weight excluding hydrogens is 572 g/mol. The van der Waals surface area contributed by atoms with Crippen molar-refractivity contribution in [2.24, 2.45) is 0 Å². The molecule has 4 aromatic rings. The SMILES string of the molecule is O=C(CSc1ccc(NC(=O)/C(=C/c2ccc(F)cc2)NC(=O)c2ccccc2)cc1)Nc1cc(Cl)cc(Cl)c1. The van der Waals surface area contributed by atoms with Crippen LogP contribution in [0.1, 0.15) is 15.9 Å². The largest absolute Gasteiger partial charge is 0.325 e. The smallest absolute Gasteiger partial charge is 0.272 e. The molecule has 3 N–H and O–H groups in total. The van der Waals surface area contributed by atoms with Crippen LogP contribution in [-0.4, -0.2) is 23.5 Å². The van der Waals surface area contributed by atoms with Crippen LogP contribution in [0.25, 0.3) is 6.08 Å². The van der Waals surface area contributed by atoms with E-state index < -0.39 is 17.6 Å². The van der Waals surface area contributed by atoms with Gasteiger partial charge in [-0.3, -0.25) is 14.4 Å². The maximum absolute atomic E-state index is 13.4. The molecule has 4 rings (SSSR count). The maximum Gasteiger partial charge on any atom is 0.272 e. The first-order valence-electron chi connectivity index (χ1n) is 11.9. The minimum atomic E-state index is -0.562. The van der Waals surface area contributed by atoms with Crippen molar-refractivity contribution in [2.45, 2.75) is 4.90 Å². The summed E-state index contributed by atoms with van der Waals surface area (Å²) >= 11 is 13.2. The van der Waals surface area contributed by atoms with E-state index in [0.29, 0.717) is 32.5 Å². The molecule has 0 aromatic heterocycles. The minimum Gasteiger partial charge on any atom is -0.325 e. The summed E-state index contributed by atoms with van der Waals surface area (Å²) in [6, 6.07) is 25.7. The fourth-order valence-electron chi connectivity index (χ4n) is 3.47. The lowest BCUT2D eigenvalue weighted by molar-refractivity contribution is -0.114. The standard InChI is InChI=1S/C30H22Cl2FN3O3S/c31-21-15-22(32)17-25(16-21)34-28(37)18-40-26-12-10-24(11-13-26)35-30(39)27(14-19-6-8-23(33)9-7-19)36-29(38)20-4-2-1-3-5-20/h1-17H,18H2,(H,34,37)(H,35,39)(H,36,38)/b27-14-. The van der Waals surface area contributed by atoms with Crippen LogP contribution in [-0.2, 0) is 9.59 Å². The van der Waals surface area contributed by atoms with Crippen molar-refractivity contribution >= 4 is 70.1 Å². The molecule has 0 spiro atoms. The molecule has 0 aliphatic heterocycles. The third-order valence-corrected chi connectivity index (χ3v) is 6.79. The summed E-state index contributed by atoms with van der Waals surface area (Å²) in [5, 5.41) is 8.98. The Bertz CT molecular complexity index is 1530. The van der Waals surface area contributed by atoms with Crippen LogP contribution in [0.3, 0.4) is 0 Å². The van der Waals surface area contributed by atoms with Gasteiger partial charge in [-0.15, -0.1) is 11.8 Å². The molecule has 40 heavy (non-hydrogen) atoms. The second kappa shape index (κ2) is 13.8. The Morgan fingerprint density at radius 1 is 0.775 bits per heavy atom. The number of anilines is 2. The van der Waals surface area contributed by atoms with E-state index in [9.17, 15) is 18.8 Å². The van der Waals surface area contributed by atoms with Crippen molar-refractivity contribution < 1.29 is 18.8 Å². The predicted octanol–water partition coefficient (Wildman–Crippen LogP) is 7.27. The molecule has 10 heteroatoms. The molecule has 0 heterocycles. The van der Waals surface area contributed by atoms with Crippen molar-refractivity contribution in [1.82, 2.24) is 5.32 Å². The molecule has 0 atom stereocenters. The topological polar surface area (TPSA) is 87.3 Å². The highest BCUT2D eigenvalue weighted by atomic mass is 35.5. The summed E-state index contributed by atoms with van der Waals surface area (Å²) in [7, 11) is 0. The van der Waals surface area contributed by atoms with E-state index >= 15 is 0 Å². The quantitative estimate of drug-likeness (QED) is 0.141. The van der Waals surface area contributed by atoms with Crippen LogP contribution >= 0.6 is 35.0 Å². The van der Waals surface area contributed by atoms with Gasteiger partial charge in [-0.05, 0) is 78.4 Å². The highest BCUT2D eigenvalue weighted by Crippen LogP contribution is 2.24. The molecule has 202 valence electrons. The number of carbonyl (C=O) groups is 3. The first-order chi connectivity index (χ1) is 19.2. The minimum absolute atomic E-state index is 0.0169. The lowest BCUT2D eigenvalue weighted by Crippen LogP contribution is -2.30. The van der Waals surface area contributed by atoms with Crippen LogP contribution in [0.5, 0.6) is 0 Å². The predicted molar refractivity (Wildman–Crippen MR) is 159 cm³/mol. The Morgan fingerprint density at radius 2 is 1.43 bits per heavy atom. The van der Waals surface area contributed by atoms with Crippen molar-refractivity contribution in [3.8, 4) is 0 Å². The molecular formula is C30H22Cl2FN3O3S. The van der Waals surface area contributed by atoms with E-state index in [4.69, 9.17) is 23.2 Å². The zero-order valence-electron chi connectivity index (χ0n) is 20.8. The Balaban J connectivity index is 1.40. The van der Waals surface area contributed by atoms with Gasteiger partial charge in [0.1, 0.15) is 11.5 Å². The van der Waals surface area contributed by atoms with Gasteiger partial charge in [-0.25, -0.2) is 4.39 Å². The summed E-state index contributed by atoms with van der Waals surface area (Å²) in [6.07, 6.45) is 1.46. The third kappa shape index (κ3) is 8.71. The van der Waals surface area contributed by atoms with Crippen LogP contribution in [0, 0.1) is 5.82 Å². The Morgan fingerprint density at radius 3 is 2.08 bits per heavy atom. The molecule has 0 aliphatic carbocycles. The molecule has 0 bridgehead atoms. The summed E-state index contributed by atoms with van der Waals surface area (Å²) in [5.74, 6) is -1.53. The number of halogens is 3. The monoisotopic (exact) mass is 593 g/mol. The van der Waals surface area contributed by atoms with E-state index in [1.165, 1.54) is 42.1 Å². The van der Waals surface area contributed by atoms with Gasteiger partial charge in [0.05, 0.1) is 5.75 Å². The summed E-state index contributed by atoms with van der Waals surface area (Å²) in [4.78, 5) is 39.0. The molecule has 0 fully saturated rings. The maximum atomic E-state index is 13.4. The molecule has 0 unspecified atom stereocenters. The Labute approximate surface area is 244 Å². The van der Waals surface area contributed by atoms with Crippen LogP contribution in [0.15, 0.2) is 108 Å². The lowest BCUT2D eigenvalue weighted by atomic mass is 10.1. The second-order valence-corrected chi connectivity index (χ2v) is 10.3. The van der Waals surface area contributed by atoms with Crippen LogP contribution in [0.4, 0.5) is 15.8 Å². The average molecular weight is 594 g/mol. The van der Waals surface area contributed by atoms with Gasteiger partial charge >= 0.3 is 0 Å². The summed E-state index contributed by atoms with van der Waals surface area (Å²) in [6.45, 7) is 0. The van der Waals surface area contributed by atoms with Crippen LogP contribution < -0.4 is 16.0 Å². The first kappa shape index (κ1) is 28.9. The van der Waals surface area contributed by atoms with Gasteiger partial charge in [-0.2, -0.15) is 0 Å². The van der Waals surface area contributed by atoms with Gasteiger partial charge < -0.3 is 16.0 Å². The average Bonchev–Trinajstić information content (AvgIpc) is 2.93. The molecule has 0 saturated carbocycles. The summed E-state index contributed by atoms with van der Waals surface area (Å²) < 4.78 is 13.4. The van der Waals surface area contributed by atoms with E-state index in [1.54, 1.807) is 72.8 Å². The fourth-order valence-corrected chi connectivity index (χ4v) is 4.70. The van der Waals surface area contributed by atoms with Gasteiger partial charge in [0.25, 0.3) is 11.8 Å². The van der Waals surface area contributed by atoms with Crippen LogP contribution in [0.2, 0.25) is 10.0 Å². The van der Waals surface area contributed by atoms with Gasteiger partial charge in [0, 0.05) is 31.9 Å². The fraction of sp³-hybridized carbons (Fsp3) is 0.0333. The number of carbonyl (C=O) groups excluding carboxylic acids is 3. The highest BCUT2D eigenvalue weighted by Gasteiger charge is 2.15. The number of rotatable bonds is 9. The number of benzene rings is 4. The van der Waals surface area contributed by atoms with Gasteiger partial charge in [0.2, 0.25) is 5.91 Å². The number of hydrogen-bond acceptors (Lipinski definition) is 4. The third-order valence-electron chi connectivity index (χ3n) is 5.34. The molecule has 4 aromatic carbocycles. The second-order valence-electron chi connectivity index (χ2n) is 8.40. The first-order valence-corrected chi connectivity index (χ1v) is 13.6. The van der Waals surface area contributed by atoms with E-state index in [0.717, 1.165) is 4.90 Å². The normalized spacial score (nSPS) is 11.0. The van der Waals surface area contributed by atoms with Gasteiger partial charge in [0.15, 0.2) is 0 Å². The van der Waals surface area contributed by atoms with E-state index in [1.807, 2.05) is 0 Å². The number of amides is 3. The van der Waals surface area contributed by atoms with Crippen molar-refractivity contribution in [3.05, 3.63) is 130 Å². The molecule has 0 saturated heterocycles. The summed E-state index contributed by atoms with van der Waals surface area (Å²) in [5.41, 5.74) is 1.88. The van der Waals surface area contributed by atoms with Gasteiger partial charge in [-0.1, -0.05) is 53.5 Å². The Kier molecular flexibility index (Phi) is 9.96. The lowest BCUT2D eigenvalue weighted by Gasteiger charge is -2.12. The molecule has 6 nitrogen and oxygen atoms in total. The zero-order chi connectivity index (χ0) is 28.5. The number of hydrogen-bond donors (Lipinski definition) is 3. The number of thioether (sulfide) groups is 1. The molecule has 0 radical (unpaired) electrons. The van der Waals surface area contributed by atoms with Crippen molar-refractivity contribution in [1.29, 1.82) is 0 Å². The highest BCUT2D eigenvalue weighted by molar-refractivity contribution is 8.00. The molecule has 3 amide bonds. The number of nitrogens with one attached hydrogen (secondary N) is 3. The van der Waals surface area contributed by atoms with E-state index in [-0.39, 0.29) is 17.4 Å². The van der Waals surface area contributed by atoms with E-state index in [2.05, 4.69) is 16.0 Å². The zero-order valence-corrected chi connectivity index (χ0v) is 23.1. The van der Waals surface area contributed by atoms with Crippen molar-refractivity contribution in [3.63, 3.8) is 0 Å². The molecule has 0 aliphatic rings.